The Morgan fingerprint density at radius 3 is 2.17 bits per heavy atom. The molecule has 2 heteroatoms. The summed E-state index contributed by atoms with van der Waals surface area (Å²) in [6.45, 7) is 15.4. The standard InChI is InChI=1S/C21H34O2/c1-11-12(2)15-6-14(11)18-16-7-17(19(15)18)21(5,20(16,3)4)10-22-8-13-9-23-13/h11-19H,6-10H2,1-5H3. The zero-order valence-electron chi connectivity index (χ0n) is 15.5. The van der Waals surface area contributed by atoms with Gasteiger partial charge in [-0.1, -0.05) is 34.6 Å². The zero-order chi connectivity index (χ0) is 16.1. The molecule has 0 amide bonds. The van der Waals surface area contributed by atoms with Gasteiger partial charge in [-0.15, -0.1) is 0 Å². The molecule has 0 radical (unpaired) electrons. The highest BCUT2D eigenvalue weighted by Crippen LogP contribution is 2.78. The van der Waals surface area contributed by atoms with Crippen molar-refractivity contribution in [2.24, 2.45) is 58.2 Å². The Labute approximate surface area is 141 Å². The van der Waals surface area contributed by atoms with Crippen molar-refractivity contribution in [1.29, 1.82) is 0 Å². The largest absolute Gasteiger partial charge is 0.378 e. The van der Waals surface area contributed by atoms with E-state index in [2.05, 4.69) is 34.6 Å². The monoisotopic (exact) mass is 318 g/mol. The number of fused-ring (bicyclic) bond motifs is 9. The van der Waals surface area contributed by atoms with E-state index in [4.69, 9.17) is 9.47 Å². The highest BCUT2D eigenvalue weighted by atomic mass is 16.6. The van der Waals surface area contributed by atoms with Crippen molar-refractivity contribution < 1.29 is 9.47 Å². The molecule has 5 aliphatic rings. The molecule has 5 rings (SSSR count). The van der Waals surface area contributed by atoms with E-state index < -0.39 is 0 Å². The van der Waals surface area contributed by atoms with E-state index in [-0.39, 0.29) is 0 Å². The molecule has 1 saturated heterocycles. The van der Waals surface area contributed by atoms with E-state index in [0.29, 0.717) is 16.9 Å². The lowest BCUT2D eigenvalue weighted by atomic mass is 9.49. The molecule has 2 nitrogen and oxygen atoms in total. The lowest BCUT2D eigenvalue weighted by Gasteiger charge is -2.56. The predicted molar refractivity (Wildman–Crippen MR) is 90.9 cm³/mol. The van der Waals surface area contributed by atoms with Crippen LogP contribution in [0, 0.1) is 58.2 Å². The van der Waals surface area contributed by atoms with Crippen LogP contribution in [0.25, 0.3) is 0 Å². The smallest absolute Gasteiger partial charge is 0.104 e. The Hall–Kier alpha value is -0.0800. The van der Waals surface area contributed by atoms with Crippen LogP contribution in [-0.2, 0) is 9.47 Å². The maximum atomic E-state index is 6.18. The van der Waals surface area contributed by atoms with Crippen molar-refractivity contribution in [3.63, 3.8) is 0 Å². The van der Waals surface area contributed by atoms with Gasteiger partial charge in [0.05, 0.1) is 19.8 Å². The summed E-state index contributed by atoms with van der Waals surface area (Å²) < 4.78 is 11.5. The van der Waals surface area contributed by atoms with Crippen LogP contribution in [0.2, 0.25) is 0 Å². The first kappa shape index (κ1) is 15.2. The van der Waals surface area contributed by atoms with Crippen molar-refractivity contribution >= 4 is 0 Å². The fraction of sp³-hybridized carbons (Fsp3) is 1.00. The Balaban J connectivity index is 1.42. The normalized spacial score (nSPS) is 61.2. The molecule has 4 bridgehead atoms. The Bertz CT molecular complexity index is 510. The summed E-state index contributed by atoms with van der Waals surface area (Å²) in [4.78, 5) is 0. The molecule has 4 saturated carbocycles. The van der Waals surface area contributed by atoms with Gasteiger partial charge in [0.1, 0.15) is 6.10 Å². The number of ether oxygens (including phenoxy) is 2. The maximum Gasteiger partial charge on any atom is 0.104 e. The van der Waals surface area contributed by atoms with Crippen molar-refractivity contribution in [3.8, 4) is 0 Å². The molecular formula is C21H34O2. The third kappa shape index (κ3) is 1.73. The van der Waals surface area contributed by atoms with Crippen LogP contribution < -0.4 is 0 Å². The summed E-state index contributed by atoms with van der Waals surface area (Å²) in [6, 6.07) is 0. The van der Waals surface area contributed by atoms with E-state index in [9.17, 15) is 0 Å². The second kappa shape index (κ2) is 4.55. The second-order valence-electron chi connectivity index (χ2n) is 10.5. The first-order chi connectivity index (χ1) is 10.9. The number of hydrogen-bond donors (Lipinski definition) is 0. The molecule has 1 heterocycles. The second-order valence-corrected chi connectivity index (χ2v) is 10.5. The molecule has 0 spiro atoms. The van der Waals surface area contributed by atoms with Gasteiger partial charge in [0.2, 0.25) is 0 Å². The Morgan fingerprint density at radius 2 is 1.57 bits per heavy atom. The van der Waals surface area contributed by atoms with E-state index in [1.54, 1.807) is 0 Å². The minimum Gasteiger partial charge on any atom is -0.378 e. The van der Waals surface area contributed by atoms with Gasteiger partial charge >= 0.3 is 0 Å². The van der Waals surface area contributed by atoms with Crippen LogP contribution in [0.1, 0.15) is 47.5 Å². The summed E-state index contributed by atoms with van der Waals surface area (Å²) in [7, 11) is 0. The molecule has 0 aromatic rings. The lowest BCUT2D eigenvalue weighted by Crippen LogP contribution is -2.53. The van der Waals surface area contributed by atoms with E-state index in [1.165, 1.54) is 12.8 Å². The summed E-state index contributed by atoms with van der Waals surface area (Å²) in [6.07, 6.45) is 3.42. The third-order valence-corrected chi connectivity index (χ3v) is 9.92. The van der Waals surface area contributed by atoms with Gasteiger partial charge < -0.3 is 9.47 Å². The van der Waals surface area contributed by atoms with Gasteiger partial charge in [0, 0.05) is 0 Å². The first-order valence-corrected chi connectivity index (χ1v) is 10.1. The fourth-order valence-corrected chi connectivity index (χ4v) is 8.05. The highest BCUT2D eigenvalue weighted by Gasteiger charge is 2.73. The number of hydrogen-bond acceptors (Lipinski definition) is 2. The minimum atomic E-state index is 0.362. The molecule has 10 atom stereocenters. The van der Waals surface area contributed by atoms with E-state index in [0.717, 1.165) is 67.2 Å². The zero-order valence-corrected chi connectivity index (χ0v) is 15.5. The average Bonchev–Trinajstić information content (AvgIpc) is 2.92. The van der Waals surface area contributed by atoms with Crippen LogP contribution in [0.4, 0.5) is 0 Å². The van der Waals surface area contributed by atoms with Crippen LogP contribution in [0.5, 0.6) is 0 Å². The predicted octanol–water partition coefficient (Wildman–Crippen LogP) is 4.24. The van der Waals surface area contributed by atoms with Crippen LogP contribution >= 0.6 is 0 Å². The summed E-state index contributed by atoms with van der Waals surface area (Å²) in [5, 5.41) is 0. The quantitative estimate of drug-likeness (QED) is 0.571. The van der Waals surface area contributed by atoms with Crippen LogP contribution in [0.3, 0.4) is 0 Å². The molecule has 4 aliphatic carbocycles. The summed E-state index contributed by atoms with van der Waals surface area (Å²) in [5.74, 6) is 7.84. The average molecular weight is 319 g/mol. The Kier molecular flexibility index (Phi) is 3.01. The first-order valence-electron chi connectivity index (χ1n) is 10.1. The van der Waals surface area contributed by atoms with Gasteiger partial charge in [0.15, 0.2) is 0 Å². The van der Waals surface area contributed by atoms with Gasteiger partial charge in [-0.2, -0.15) is 0 Å². The SMILES string of the molecule is CC1C(C)C2CC1C1C2C2CC1C(C)(C)C2(C)COCC1CO1. The molecular weight excluding hydrogens is 284 g/mol. The lowest BCUT2D eigenvalue weighted by molar-refractivity contribution is -0.118. The molecule has 130 valence electrons. The van der Waals surface area contributed by atoms with E-state index >= 15 is 0 Å². The van der Waals surface area contributed by atoms with Crippen molar-refractivity contribution in [2.75, 3.05) is 19.8 Å². The maximum absolute atomic E-state index is 6.18. The highest BCUT2D eigenvalue weighted by molar-refractivity contribution is 5.21. The molecule has 0 aromatic carbocycles. The summed E-state index contributed by atoms with van der Waals surface area (Å²) >= 11 is 0. The summed E-state index contributed by atoms with van der Waals surface area (Å²) in [5.41, 5.74) is 0.790. The van der Waals surface area contributed by atoms with Crippen molar-refractivity contribution in [1.82, 2.24) is 0 Å². The van der Waals surface area contributed by atoms with Crippen LogP contribution in [0.15, 0.2) is 0 Å². The Morgan fingerprint density at radius 1 is 0.957 bits per heavy atom. The van der Waals surface area contributed by atoms with Crippen molar-refractivity contribution in [2.45, 2.75) is 53.6 Å². The molecule has 5 fully saturated rings. The minimum absolute atomic E-state index is 0.362. The van der Waals surface area contributed by atoms with Crippen molar-refractivity contribution in [3.05, 3.63) is 0 Å². The molecule has 1 aliphatic heterocycles. The molecule has 0 N–H and O–H groups in total. The third-order valence-electron chi connectivity index (χ3n) is 9.92. The molecule has 10 unspecified atom stereocenters. The topological polar surface area (TPSA) is 21.8 Å². The number of rotatable bonds is 4. The van der Waals surface area contributed by atoms with E-state index in [1.807, 2.05) is 0 Å². The number of epoxide rings is 1. The van der Waals surface area contributed by atoms with Gasteiger partial charge in [0.25, 0.3) is 0 Å². The van der Waals surface area contributed by atoms with Gasteiger partial charge in [-0.25, -0.2) is 0 Å². The molecule has 0 aromatic heterocycles. The van der Waals surface area contributed by atoms with Gasteiger partial charge in [-0.05, 0) is 71.0 Å². The molecule has 23 heavy (non-hydrogen) atoms. The van der Waals surface area contributed by atoms with Gasteiger partial charge in [-0.3, -0.25) is 0 Å². The van der Waals surface area contributed by atoms with Crippen LogP contribution in [-0.4, -0.2) is 25.9 Å². The fourth-order valence-electron chi connectivity index (χ4n) is 8.05.